The molecular formula is C19H20N4O4. The first kappa shape index (κ1) is 18.6. The van der Waals surface area contributed by atoms with Gasteiger partial charge in [-0.15, -0.1) is 0 Å². The zero-order valence-electron chi connectivity index (χ0n) is 15.0. The molecule has 1 fully saturated rings. The van der Waals surface area contributed by atoms with E-state index in [1.54, 1.807) is 31.2 Å². The molecule has 8 nitrogen and oxygen atoms in total. The van der Waals surface area contributed by atoms with Crippen LogP contribution in [0.1, 0.15) is 43.1 Å². The number of aryl methyl sites for hydroxylation is 1. The van der Waals surface area contributed by atoms with Crippen molar-refractivity contribution in [3.8, 4) is 6.07 Å². The smallest absolute Gasteiger partial charge is 0.359 e. The van der Waals surface area contributed by atoms with Crippen molar-refractivity contribution in [1.29, 1.82) is 5.26 Å². The Balaban J connectivity index is 1.77. The summed E-state index contributed by atoms with van der Waals surface area (Å²) < 4.78 is 6.28. The van der Waals surface area contributed by atoms with E-state index in [9.17, 15) is 19.6 Å². The van der Waals surface area contributed by atoms with Gasteiger partial charge in [0.15, 0.2) is 12.3 Å². The number of ether oxygens (including phenoxy) is 1. The number of rotatable bonds is 5. The summed E-state index contributed by atoms with van der Waals surface area (Å²) in [5.74, 6) is -1.32. The lowest BCUT2D eigenvalue weighted by atomic mass is 10.00. The van der Waals surface area contributed by atoms with Gasteiger partial charge in [0.2, 0.25) is 0 Å². The van der Waals surface area contributed by atoms with Gasteiger partial charge in [0.1, 0.15) is 5.54 Å². The third kappa shape index (κ3) is 3.67. The van der Waals surface area contributed by atoms with Crippen LogP contribution in [0.2, 0.25) is 0 Å². The van der Waals surface area contributed by atoms with Crippen molar-refractivity contribution in [1.82, 2.24) is 15.1 Å². The number of hydrogen-bond acceptors (Lipinski definition) is 6. The number of carbonyl (C=O) groups is 2. The fourth-order valence-electron chi connectivity index (χ4n) is 3.35. The number of amides is 1. The second-order valence-corrected chi connectivity index (χ2v) is 6.54. The van der Waals surface area contributed by atoms with Gasteiger partial charge in [-0.05, 0) is 38.7 Å². The molecule has 0 atom stereocenters. The van der Waals surface area contributed by atoms with Crippen molar-refractivity contribution < 1.29 is 14.3 Å². The number of hydrogen-bond donors (Lipinski definition) is 1. The number of fused-ring (bicyclic) bond motifs is 1. The molecule has 0 radical (unpaired) electrons. The molecule has 27 heavy (non-hydrogen) atoms. The van der Waals surface area contributed by atoms with Gasteiger partial charge in [-0.3, -0.25) is 9.59 Å². The van der Waals surface area contributed by atoms with Crippen molar-refractivity contribution in [3.63, 3.8) is 0 Å². The van der Waals surface area contributed by atoms with Crippen molar-refractivity contribution in [3.05, 3.63) is 40.3 Å². The molecule has 1 heterocycles. The maximum Gasteiger partial charge on any atom is 0.359 e. The molecule has 8 heteroatoms. The molecule has 1 amide bonds. The van der Waals surface area contributed by atoms with E-state index in [4.69, 9.17) is 4.74 Å². The van der Waals surface area contributed by atoms with Crippen LogP contribution in [0.3, 0.4) is 0 Å². The van der Waals surface area contributed by atoms with E-state index in [2.05, 4.69) is 16.5 Å². The van der Waals surface area contributed by atoms with Gasteiger partial charge in [0.05, 0.1) is 11.5 Å². The summed E-state index contributed by atoms with van der Waals surface area (Å²) >= 11 is 0. The van der Waals surface area contributed by atoms with E-state index >= 15 is 0 Å². The molecule has 1 N–H and O–H groups in total. The van der Waals surface area contributed by atoms with Gasteiger partial charge in [0.25, 0.3) is 11.5 Å². The minimum Gasteiger partial charge on any atom is -0.451 e. The van der Waals surface area contributed by atoms with Crippen LogP contribution in [0.4, 0.5) is 0 Å². The summed E-state index contributed by atoms with van der Waals surface area (Å²) in [4.78, 5) is 36.9. The monoisotopic (exact) mass is 368 g/mol. The first-order valence-electron chi connectivity index (χ1n) is 8.89. The number of nitriles is 1. The number of benzene rings is 1. The van der Waals surface area contributed by atoms with Crippen LogP contribution in [0, 0.1) is 11.3 Å². The van der Waals surface area contributed by atoms with E-state index in [-0.39, 0.29) is 11.3 Å². The van der Waals surface area contributed by atoms with Crippen LogP contribution >= 0.6 is 0 Å². The summed E-state index contributed by atoms with van der Waals surface area (Å²) in [7, 11) is 0. The Kier molecular flexibility index (Phi) is 5.21. The molecule has 1 aromatic heterocycles. The molecule has 0 aliphatic heterocycles. The lowest BCUT2D eigenvalue weighted by Gasteiger charge is -2.21. The minimum atomic E-state index is -0.871. The summed E-state index contributed by atoms with van der Waals surface area (Å²) in [6.07, 6.45) is 2.94. The number of aromatic nitrogens is 2. The van der Waals surface area contributed by atoms with E-state index in [1.165, 1.54) is 4.68 Å². The second kappa shape index (κ2) is 7.58. The van der Waals surface area contributed by atoms with Gasteiger partial charge in [0, 0.05) is 11.9 Å². The van der Waals surface area contributed by atoms with Crippen LogP contribution in [0.25, 0.3) is 10.8 Å². The summed E-state index contributed by atoms with van der Waals surface area (Å²) in [5.41, 5.74) is -1.18. The van der Waals surface area contributed by atoms with Crippen molar-refractivity contribution in [2.75, 3.05) is 6.61 Å². The zero-order chi connectivity index (χ0) is 19.4. The highest BCUT2D eigenvalue weighted by atomic mass is 16.5. The first-order chi connectivity index (χ1) is 13.0. The average Bonchev–Trinajstić information content (AvgIpc) is 3.15. The zero-order valence-corrected chi connectivity index (χ0v) is 15.0. The fourth-order valence-corrected chi connectivity index (χ4v) is 3.35. The number of carbonyl (C=O) groups excluding carboxylic acids is 2. The lowest BCUT2D eigenvalue weighted by Crippen LogP contribution is -2.46. The van der Waals surface area contributed by atoms with Gasteiger partial charge in [-0.25, -0.2) is 9.48 Å². The van der Waals surface area contributed by atoms with E-state index in [0.717, 1.165) is 12.8 Å². The Morgan fingerprint density at radius 1 is 1.30 bits per heavy atom. The molecule has 1 saturated carbocycles. The van der Waals surface area contributed by atoms with E-state index in [1.807, 2.05) is 0 Å². The number of nitrogens with zero attached hydrogens (tertiary/aromatic N) is 3. The van der Waals surface area contributed by atoms with Crippen LogP contribution in [0.5, 0.6) is 0 Å². The summed E-state index contributed by atoms with van der Waals surface area (Å²) in [6, 6.07) is 8.78. The maximum absolute atomic E-state index is 12.5. The van der Waals surface area contributed by atoms with Crippen LogP contribution in [-0.4, -0.2) is 33.8 Å². The molecule has 140 valence electrons. The van der Waals surface area contributed by atoms with Crippen molar-refractivity contribution >= 4 is 22.6 Å². The third-order valence-electron chi connectivity index (χ3n) is 4.74. The van der Waals surface area contributed by atoms with E-state index < -0.39 is 24.0 Å². The Morgan fingerprint density at radius 3 is 2.59 bits per heavy atom. The highest BCUT2D eigenvalue weighted by molar-refractivity contribution is 6.02. The highest BCUT2D eigenvalue weighted by Crippen LogP contribution is 2.28. The predicted molar refractivity (Wildman–Crippen MR) is 96.9 cm³/mol. The first-order valence-corrected chi connectivity index (χ1v) is 8.89. The van der Waals surface area contributed by atoms with Crippen LogP contribution in [-0.2, 0) is 16.1 Å². The quantitative estimate of drug-likeness (QED) is 0.801. The molecule has 0 bridgehead atoms. The Morgan fingerprint density at radius 2 is 1.96 bits per heavy atom. The van der Waals surface area contributed by atoms with Gasteiger partial charge in [-0.1, -0.05) is 18.2 Å². The van der Waals surface area contributed by atoms with Crippen molar-refractivity contribution in [2.24, 2.45) is 0 Å². The molecule has 1 aromatic carbocycles. The van der Waals surface area contributed by atoms with Crippen LogP contribution in [0.15, 0.2) is 29.1 Å². The van der Waals surface area contributed by atoms with E-state index in [0.29, 0.717) is 30.2 Å². The lowest BCUT2D eigenvalue weighted by molar-refractivity contribution is -0.125. The third-order valence-corrected chi connectivity index (χ3v) is 4.74. The van der Waals surface area contributed by atoms with Gasteiger partial charge in [-0.2, -0.15) is 10.4 Å². The summed E-state index contributed by atoms with van der Waals surface area (Å²) in [5, 5.41) is 16.8. The molecule has 1 aliphatic rings. The van der Waals surface area contributed by atoms with Crippen LogP contribution < -0.4 is 10.9 Å². The molecule has 3 rings (SSSR count). The predicted octanol–water partition coefficient (Wildman–Crippen LogP) is 1.53. The minimum absolute atomic E-state index is 0.0179. The number of nitrogens with one attached hydrogen (secondary N) is 1. The largest absolute Gasteiger partial charge is 0.451 e. The highest BCUT2D eigenvalue weighted by Gasteiger charge is 2.35. The number of esters is 1. The molecule has 0 saturated heterocycles. The second-order valence-electron chi connectivity index (χ2n) is 6.54. The maximum atomic E-state index is 12.5. The van der Waals surface area contributed by atoms with Crippen molar-refractivity contribution in [2.45, 2.75) is 44.7 Å². The average molecular weight is 368 g/mol. The molecule has 0 unspecified atom stereocenters. The standard InChI is InChI=1S/C19H20N4O4/c1-2-23-17(25)14-8-4-3-7-13(14)16(22-23)18(26)27-11-15(24)21-19(12-20)9-5-6-10-19/h3-4,7-8H,2,5-6,9-11H2,1H3,(H,21,24). The molecule has 2 aromatic rings. The van der Waals surface area contributed by atoms with Gasteiger partial charge < -0.3 is 10.1 Å². The molecular weight excluding hydrogens is 348 g/mol. The normalized spacial score (nSPS) is 15.3. The fraction of sp³-hybridized carbons (Fsp3) is 0.421. The van der Waals surface area contributed by atoms with Gasteiger partial charge >= 0.3 is 5.97 Å². The Bertz CT molecular complexity index is 983. The Hall–Kier alpha value is -3.21. The molecule has 0 spiro atoms. The topological polar surface area (TPSA) is 114 Å². The molecule has 1 aliphatic carbocycles. The summed E-state index contributed by atoms with van der Waals surface area (Å²) in [6.45, 7) is 1.54. The Labute approximate surface area is 155 Å². The SMILES string of the molecule is CCn1nc(C(=O)OCC(=O)NC2(C#N)CCCC2)c2ccccc2c1=O.